The molecule has 3 nitrogen and oxygen atoms in total. The first-order valence-corrected chi connectivity index (χ1v) is 10.1. The monoisotopic (exact) mass is 357 g/mol. The van der Waals surface area contributed by atoms with Crippen LogP contribution in [0.1, 0.15) is 64.7 Å². The Bertz CT molecular complexity index is 381. The highest BCUT2D eigenvalue weighted by molar-refractivity contribution is 5.85. The lowest BCUT2D eigenvalue weighted by Crippen LogP contribution is -2.48. The molecule has 1 saturated heterocycles. The zero-order valence-corrected chi connectivity index (χ0v) is 16.1. The van der Waals surface area contributed by atoms with Gasteiger partial charge in [-0.05, 0) is 88.0 Å². The van der Waals surface area contributed by atoms with Crippen molar-refractivity contribution < 1.29 is 9.84 Å². The van der Waals surface area contributed by atoms with Crippen molar-refractivity contribution >= 4 is 12.4 Å². The largest absolute Gasteiger partial charge is 0.389 e. The van der Waals surface area contributed by atoms with Gasteiger partial charge < -0.3 is 9.84 Å². The number of aliphatic hydroxyl groups excluding tert-OH is 1. The molecule has 0 aromatic heterocycles. The van der Waals surface area contributed by atoms with Crippen LogP contribution in [0.25, 0.3) is 0 Å². The van der Waals surface area contributed by atoms with Gasteiger partial charge in [-0.15, -0.1) is 12.4 Å². The van der Waals surface area contributed by atoms with Gasteiger partial charge in [-0.25, -0.2) is 0 Å². The minimum Gasteiger partial charge on any atom is -0.389 e. The lowest BCUT2D eigenvalue weighted by molar-refractivity contribution is -0.107. The second-order valence-electron chi connectivity index (χ2n) is 9.43. The predicted molar refractivity (Wildman–Crippen MR) is 99.6 cm³/mol. The van der Waals surface area contributed by atoms with Crippen LogP contribution in [0.15, 0.2) is 0 Å². The van der Waals surface area contributed by atoms with E-state index in [-0.39, 0.29) is 18.5 Å². The molecule has 4 saturated carbocycles. The van der Waals surface area contributed by atoms with Crippen LogP contribution in [0.3, 0.4) is 0 Å². The summed E-state index contributed by atoms with van der Waals surface area (Å²) in [4.78, 5) is 2.45. The maximum absolute atomic E-state index is 10.4. The summed E-state index contributed by atoms with van der Waals surface area (Å²) in [7, 11) is 0. The van der Waals surface area contributed by atoms with Gasteiger partial charge >= 0.3 is 0 Å². The van der Waals surface area contributed by atoms with Crippen molar-refractivity contribution in [3.63, 3.8) is 0 Å². The lowest BCUT2D eigenvalue weighted by atomic mass is 9.50. The van der Waals surface area contributed by atoms with E-state index in [1.54, 1.807) is 0 Å². The molecule has 0 aromatic carbocycles. The van der Waals surface area contributed by atoms with Crippen molar-refractivity contribution in [2.75, 3.05) is 26.3 Å². The van der Waals surface area contributed by atoms with E-state index >= 15 is 0 Å². The SMILES string of the molecule is CC1CCCCN1CC(O)COCC12CC3CC(CC(C3)C1)C2.Cl. The van der Waals surface area contributed by atoms with E-state index in [0.29, 0.717) is 18.1 Å². The van der Waals surface area contributed by atoms with Gasteiger partial charge in [0.15, 0.2) is 0 Å². The van der Waals surface area contributed by atoms with E-state index in [4.69, 9.17) is 4.74 Å². The third-order valence-electron chi connectivity index (χ3n) is 7.27. The number of aliphatic hydroxyl groups is 1. The Hall–Kier alpha value is 0.170. The number of hydrogen-bond donors (Lipinski definition) is 1. The van der Waals surface area contributed by atoms with Gasteiger partial charge in [-0.1, -0.05) is 6.42 Å². The molecule has 1 heterocycles. The maximum Gasteiger partial charge on any atom is 0.0900 e. The van der Waals surface area contributed by atoms with Crippen molar-refractivity contribution in [1.29, 1.82) is 0 Å². The molecule has 0 amide bonds. The van der Waals surface area contributed by atoms with Crippen molar-refractivity contribution in [3.8, 4) is 0 Å². The molecule has 5 aliphatic rings. The van der Waals surface area contributed by atoms with Gasteiger partial charge in [0.2, 0.25) is 0 Å². The van der Waals surface area contributed by atoms with Crippen LogP contribution in [-0.4, -0.2) is 48.5 Å². The zero-order chi connectivity index (χ0) is 15.9. The second-order valence-corrected chi connectivity index (χ2v) is 9.43. The fraction of sp³-hybridized carbons (Fsp3) is 1.00. The van der Waals surface area contributed by atoms with E-state index in [9.17, 15) is 5.11 Å². The minimum absolute atomic E-state index is 0. The normalized spacial score (nSPS) is 42.8. The van der Waals surface area contributed by atoms with Crippen LogP contribution in [-0.2, 0) is 4.74 Å². The van der Waals surface area contributed by atoms with E-state index in [1.807, 2.05) is 0 Å². The summed E-state index contributed by atoms with van der Waals surface area (Å²) in [5, 5.41) is 10.4. The van der Waals surface area contributed by atoms with Crippen molar-refractivity contribution in [2.24, 2.45) is 23.2 Å². The molecule has 2 atom stereocenters. The van der Waals surface area contributed by atoms with E-state index in [2.05, 4.69) is 11.8 Å². The van der Waals surface area contributed by atoms with Gasteiger partial charge in [0.05, 0.1) is 19.3 Å². The quantitative estimate of drug-likeness (QED) is 0.783. The molecule has 140 valence electrons. The summed E-state index contributed by atoms with van der Waals surface area (Å²) < 4.78 is 6.08. The van der Waals surface area contributed by atoms with Crippen molar-refractivity contribution in [2.45, 2.75) is 76.9 Å². The number of nitrogens with zero attached hydrogens (tertiary/aromatic N) is 1. The van der Waals surface area contributed by atoms with E-state index < -0.39 is 0 Å². The highest BCUT2D eigenvalue weighted by Gasteiger charge is 2.50. The Morgan fingerprint density at radius 3 is 2.29 bits per heavy atom. The molecule has 4 bridgehead atoms. The fourth-order valence-electron chi connectivity index (χ4n) is 6.63. The predicted octanol–water partition coefficient (Wildman–Crippen LogP) is 3.88. The van der Waals surface area contributed by atoms with Gasteiger partial charge in [0.25, 0.3) is 0 Å². The summed E-state index contributed by atoms with van der Waals surface area (Å²) in [5.41, 5.74) is 0.479. The molecular formula is C20H36ClNO2. The topological polar surface area (TPSA) is 32.7 Å². The minimum atomic E-state index is -0.315. The zero-order valence-electron chi connectivity index (χ0n) is 15.3. The second kappa shape index (κ2) is 7.82. The Morgan fingerprint density at radius 2 is 1.71 bits per heavy atom. The van der Waals surface area contributed by atoms with Gasteiger partial charge in [-0.2, -0.15) is 0 Å². The lowest BCUT2D eigenvalue weighted by Gasteiger charge is -2.56. The molecule has 1 N–H and O–H groups in total. The summed E-state index contributed by atoms with van der Waals surface area (Å²) in [6, 6.07) is 0.626. The summed E-state index contributed by atoms with van der Waals surface area (Å²) in [5.74, 6) is 2.97. The molecule has 1 aliphatic heterocycles. The molecule has 0 aromatic rings. The van der Waals surface area contributed by atoms with Crippen LogP contribution in [0.2, 0.25) is 0 Å². The summed E-state index contributed by atoms with van der Waals surface area (Å²) in [6.45, 7) is 5.67. The molecule has 4 aliphatic carbocycles. The number of likely N-dealkylation sites (tertiary alicyclic amines) is 1. The molecule has 5 fully saturated rings. The van der Waals surface area contributed by atoms with Crippen LogP contribution in [0.5, 0.6) is 0 Å². The number of rotatable bonds is 6. The van der Waals surface area contributed by atoms with Crippen LogP contribution in [0.4, 0.5) is 0 Å². The average Bonchev–Trinajstić information content (AvgIpc) is 2.48. The third kappa shape index (κ3) is 4.11. The number of ether oxygens (including phenoxy) is 1. The van der Waals surface area contributed by atoms with Gasteiger partial charge in [-0.3, -0.25) is 4.90 Å². The van der Waals surface area contributed by atoms with E-state index in [0.717, 1.165) is 37.5 Å². The highest BCUT2D eigenvalue weighted by Crippen LogP contribution is 2.60. The van der Waals surface area contributed by atoms with Gasteiger partial charge in [0.1, 0.15) is 0 Å². The molecular weight excluding hydrogens is 322 g/mol. The summed E-state index contributed by atoms with van der Waals surface area (Å²) >= 11 is 0. The first kappa shape index (κ1) is 18.9. The number of hydrogen-bond acceptors (Lipinski definition) is 3. The van der Waals surface area contributed by atoms with Crippen molar-refractivity contribution in [1.82, 2.24) is 4.90 Å². The Kier molecular flexibility index (Phi) is 6.17. The molecule has 0 spiro atoms. The number of piperidine rings is 1. The van der Waals surface area contributed by atoms with E-state index in [1.165, 1.54) is 57.8 Å². The average molecular weight is 358 g/mol. The number of halogens is 1. The van der Waals surface area contributed by atoms with Gasteiger partial charge in [0, 0.05) is 12.6 Å². The molecule has 0 radical (unpaired) electrons. The van der Waals surface area contributed by atoms with Crippen LogP contribution >= 0.6 is 12.4 Å². The van der Waals surface area contributed by atoms with Crippen LogP contribution < -0.4 is 0 Å². The highest BCUT2D eigenvalue weighted by atomic mass is 35.5. The smallest absolute Gasteiger partial charge is 0.0900 e. The first-order chi connectivity index (χ1) is 11.1. The maximum atomic E-state index is 10.4. The van der Waals surface area contributed by atoms with Crippen LogP contribution in [0, 0.1) is 23.2 Å². The first-order valence-electron chi connectivity index (χ1n) is 10.1. The fourth-order valence-corrected chi connectivity index (χ4v) is 6.63. The Morgan fingerprint density at radius 1 is 1.08 bits per heavy atom. The van der Waals surface area contributed by atoms with Crippen molar-refractivity contribution in [3.05, 3.63) is 0 Å². The Labute approximate surface area is 153 Å². The Balaban J connectivity index is 0.00000169. The molecule has 4 heteroatoms. The molecule has 5 rings (SSSR count). The summed E-state index contributed by atoms with van der Waals surface area (Å²) in [6.07, 6.45) is 12.3. The third-order valence-corrected chi connectivity index (χ3v) is 7.27. The molecule has 2 unspecified atom stereocenters. The number of β-amino-alcohol motifs (C(OH)–C–C–N with tert-alkyl or cyclic N) is 1. The molecule has 24 heavy (non-hydrogen) atoms. The standard InChI is InChI=1S/C20H35NO2.ClH/c1-15-4-2-3-5-21(15)12-19(22)13-23-14-20-9-16-6-17(10-20)8-18(7-16)11-20;/h15-19,22H,2-14H2,1H3;1H.